The molecule has 0 aliphatic rings. The topological polar surface area (TPSA) is 76.4 Å². The standard InChI is InChI=1S/C24H32N6O.HI/c1-18-28-29-22(30(18)5)17-27-23(25-15-19-11-7-6-8-12-19)26-16-20-13-9-10-14-21(20)31-24(2,3)4;/h6-14H,15-17H2,1-5H3,(H2,25,26,27);1H. The Morgan fingerprint density at radius 3 is 2.28 bits per heavy atom. The van der Waals surface area contributed by atoms with Gasteiger partial charge in [0.25, 0.3) is 0 Å². The molecule has 1 aromatic heterocycles. The SMILES string of the molecule is Cc1nnc(CNC(=NCc2ccccc2)NCc2ccccc2OC(C)(C)C)n1C.I. The van der Waals surface area contributed by atoms with E-state index in [0.717, 1.165) is 28.5 Å². The summed E-state index contributed by atoms with van der Waals surface area (Å²) in [6.45, 7) is 9.78. The molecule has 172 valence electrons. The molecule has 7 nitrogen and oxygen atoms in total. The molecule has 2 aromatic carbocycles. The lowest BCUT2D eigenvalue weighted by Gasteiger charge is -2.23. The van der Waals surface area contributed by atoms with Gasteiger partial charge in [-0.2, -0.15) is 0 Å². The average molecular weight is 548 g/mol. The highest BCUT2D eigenvalue weighted by molar-refractivity contribution is 14.0. The molecule has 1 heterocycles. The maximum atomic E-state index is 6.12. The average Bonchev–Trinajstić information content (AvgIpc) is 3.06. The van der Waals surface area contributed by atoms with E-state index in [1.807, 2.05) is 75.7 Å². The van der Waals surface area contributed by atoms with Crippen LogP contribution in [-0.2, 0) is 26.7 Å². The van der Waals surface area contributed by atoms with Crippen LogP contribution >= 0.6 is 24.0 Å². The molecular formula is C24H33IN6O. The summed E-state index contributed by atoms with van der Waals surface area (Å²) in [6, 6.07) is 18.3. The van der Waals surface area contributed by atoms with Crippen molar-refractivity contribution >= 4 is 29.9 Å². The number of para-hydroxylation sites is 1. The summed E-state index contributed by atoms with van der Waals surface area (Å²) < 4.78 is 8.09. The number of aryl methyl sites for hydroxylation is 1. The van der Waals surface area contributed by atoms with Gasteiger partial charge in [0.2, 0.25) is 0 Å². The fraction of sp³-hybridized carbons (Fsp3) is 0.375. The van der Waals surface area contributed by atoms with E-state index in [4.69, 9.17) is 9.73 Å². The molecule has 0 aliphatic heterocycles. The van der Waals surface area contributed by atoms with E-state index in [0.29, 0.717) is 25.6 Å². The van der Waals surface area contributed by atoms with Crippen molar-refractivity contribution in [3.05, 3.63) is 77.4 Å². The number of rotatable bonds is 7. The number of hydrogen-bond donors (Lipinski definition) is 2. The number of hydrogen-bond acceptors (Lipinski definition) is 4. The first-order chi connectivity index (χ1) is 14.8. The smallest absolute Gasteiger partial charge is 0.192 e. The molecule has 0 aliphatic carbocycles. The van der Waals surface area contributed by atoms with Crippen molar-refractivity contribution in [2.75, 3.05) is 0 Å². The van der Waals surface area contributed by atoms with E-state index < -0.39 is 0 Å². The Kier molecular flexibility index (Phi) is 9.49. The Labute approximate surface area is 207 Å². The molecule has 0 amide bonds. The molecule has 8 heteroatoms. The molecule has 3 rings (SSSR count). The lowest BCUT2D eigenvalue weighted by atomic mass is 10.1. The van der Waals surface area contributed by atoms with Crippen molar-refractivity contribution in [3.63, 3.8) is 0 Å². The Hall–Kier alpha value is -2.62. The predicted octanol–water partition coefficient (Wildman–Crippen LogP) is 4.35. The minimum absolute atomic E-state index is 0. The first kappa shape index (κ1) is 25.6. The van der Waals surface area contributed by atoms with Gasteiger partial charge >= 0.3 is 0 Å². The molecule has 2 N–H and O–H groups in total. The highest BCUT2D eigenvalue weighted by Crippen LogP contribution is 2.22. The fourth-order valence-corrected chi connectivity index (χ4v) is 2.95. The lowest BCUT2D eigenvalue weighted by molar-refractivity contribution is 0.129. The largest absolute Gasteiger partial charge is 0.488 e. The number of nitrogens with zero attached hydrogens (tertiary/aromatic N) is 4. The molecule has 32 heavy (non-hydrogen) atoms. The van der Waals surface area contributed by atoms with E-state index in [1.54, 1.807) is 0 Å². The molecule has 0 saturated carbocycles. The van der Waals surface area contributed by atoms with Gasteiger partial charge in [0.1, 0.15) is 17.2 Å². The fourth-order valence-electron chi connectivity index (χ4n) is 2.95. The highest BCUT2D eigenvalue weighted by atomic mass is 127. The number of benzene rings is 2. The lowest BCUT2D eigenvalue weighted by Crippen LogP contribution is -2.37. The van der Waals surface area contributed by atoms with E-state index >= 15 is 0 Å². The number of halogens is 1. The van der Waals surface area contributed by atoms with Crippen LogP contribution in [0.1, 0.15) is 43.5 Å². The van der Waals surface area contributed by atoms with Crippen LogP contribution in [0.2, 0.25) is 0 Å². The maximum absolute atomic E-state index is 6.12. The third kappa shape index (κ3) is 7.81. The van der Waals surface area contributed by atoms with E-state index in [9.17, 15) is 0 Å². The monoisotopic (exact) mass is 548 g/mol. The summed E-state index contributed by atoms with van der Waals surface area (Å²) in [7, 11) is 1.96. The van der Waals surface area contributed by atoms with Gasteiger partial charge in [-0.05, 0) is 39.3 Å². The van der Waals surface area contributed by atoms with Gasteiger partial charge in [0, 0.05) is 19.2 Å². The molecule has 0 spiro atoms. The minimum Gasteiger partial charge on any atom is -0.488 e. The number of nitrogens with one attached hydrogen (secondary N) is 2. The van der Waals surface area contributed by atoms with Crippen molar-refractivity contribution in [2.24, 2.45) is 12.0 Å². The first-order valence-electron chi connectivity index (χ1n) is 10.5. The Morgan fingerprint density at radius 2 is 1.62 bits per heavy atom. The molecule has 0 unspecified atom stereocenters. The molecule has 0 atom stereocenters. The van der Waals surface area contributed by atoms with Crippen LogP contribution in [0.5, 0.6) is 5.75 Å². The Balaban J connectivity index is 0.00000363. The van der Waals surface area contributed by atoms with Gasteiger partial charge in [-0.3, -0.25) is 0 Å². The van der Waals surface area contributed by atoms with Gasteiger partial charge in [0.05, 0.1) is 13.1 Å². The zero-order valence-corrected chi connectivity index (χ0v) is 21.8. The zero-order chi connectivity index (χ0) is 22.3. The summed E-state index contributed by atoms with van der Waals surface area (Å²) in [5.41, 5.74) is 1.96. The molecule has 3 aromatic rings. The summed E-state index contributed by atoms with van der Waals surface area (Å²) in [5.74, 6) is 3.30. The van der Waals surface area contributed by atoms with Crippen LogP contribution in [0.25, 0.3) is 0 Å². The van der Waals surface area contributed by atoms with Crippen molar-refractivity contribution in [1.82, 2.24) is 25.4 Å². The van der Waals surface area contributed by atoms with Gasteiger partial charge < -0.3 is 19.9 Å². The number of aromatic nitrogens is 3. The van der Waals surface area contributed by atoms with Crippen molar-refractivity contribution in [1.29, 1.82) is 0 Å². The second-order valence-electron chi connectivity index (χ2n) is 8.40. The summed E-state index contributed by atoms with van der Waals surface area (Å²) in [6.07, 6.45) is 0. The third-order valence-corrected chi connectivity index (χ3v) is 4.69. The normalized spacial score (nSPS) is 11.6. The summed E-state index contributed by atoms with van der Waals surface area (Å²) in [5, 5.41) is 15.2. The maximum Gasteiger partial charge on any atom is 0.192 e. The highest BCUT2D eigenvalue weighted by Gasteiger charge is 2.14. The predicted molar refractivity (Wildman–Crippen MR) is 139 cm³/mol. The van der Waals surface area contributed by atoms with Gasteiger partial charge in [0.15, 0.2) is 11.8 Å². The second kappa shape index (κ2) is 11.8. The van der Waals surface area contributed by atoms with E-state index in [-0.39, 0.29) is 29.6 Å². The van der Waals surface area contributed by atoms with E-state index in [2.05, 4.69) is 39.0 Å². The first-order valence-corrected chi connectivity index (χ1v) is 10.5. The molecule has 0 radical (unpaired) electrons. The van der Waals surface area contributed by atoms with Crippen LogP contribution in [0, 0.1) is 6.92 Å². The van der Waals surface area contributed by atoms with E-state index in [1.165, 1.54) is 0 Å². The van der Waals surface area contributed by atoms with Crippen molar-refractivity contribution in [2.45, 2.75) is 52.9 Å². The number of ether oxygens (including phenoxy) is 1. The quantitative estimate of drug-likeness (QED) is 0.261. The van der Waals surface area contributed by atoms with Gasteiger partial charge in [-0.15, -0.1) is 34.2 Å². The zero-order valence-electron chi connectivity index (χ0n) is 19.4. The molecule has 0 saturated heterocycles. The molecule has 0 bridgehead atoms. The summed E-state index contributed by atoms with van der Waals surface area (Å²) in [4.78, 5) is 4.76. The van der Waals surface area contributed by atoms with Crippen LogP contribution in [0.4, 0.5) is 0 Å². The van der Waals surface area contributed by atoms with Crippen LogP contribution < -0.4 is 15.4 Å². The van der Waals surface area contributed by atoms with Crippen LogP contribution in [-0.4, -0.2) is 26.3 Å². The Bertz CT molecular complexity index is 1010. The van der Waals surface area contributed by atoms with Crippen molar-refractivity contribution in [3.8, 4) is 5.75 Å². The second-order valence-corrected chi connectivity index (χ2v) is 8.40. The van der Waals surface area contributed by atoms with Gasteiger partial charge in [-0.25, -0.2) is 4.99 Å². The van der Waals surface area contributed by atoms with Crippen molar-refractivity contribution < 1.29 is 4.74 Å². The van der Waals surface area contributed by atoms with Crippen LogP contribution in [0.15, 0.2) is 59.6 Å². The third-order valence-electron chi connectivity index (χ3n) is 4.69. The summed E-state index contributed by atoms with van der Waals surface area (Å²) >= 11 is 0. The number of aliphatic imine (C=N–C) groups is 1. The van der Waals surface area contributed by atoms with Gasteiger partial charge in [-0.1, -0.05) is 48.5 Å². The minimum atomic E-state index is -0.262. The molecular weight excluding hydrogens is 515 g/mol. The number of guanidine groups is 1. The molecule has 0 fully saturated rings. The Morgan fingerprint density at radius 1 is 0.969 bits per heavy atom. The van der Waals surface area contributed by atoms with Crippen LogP contribution in [0.3, 0.4) is 0 Å².